The molecule has 4 N–H and O–H groups in total. The highest BCUT2D eigenvalue weighted by molar-refractivity contribution is 7.99. The predicted octanol–water partition coefficient (Wildman–Crippen LogP) is 3.90. The van der Waals surface area contributed by atoms with Crippen molar-refractivity contribution in [3.05, 3.63) is 45.3 Å². The molecule has 0 saturated heterocycles. The van der Waals surface area contributed by atoms with Crippen molar-refractivity contribution in [1.29, 1.82) is 0 Å². The summed E-state index contributed by atoms with van der Waals surface area (Å²) in [5.41, 5.74) is 7.89. The largest absolute Gasteiger partial charge is 0.365 e. The Hall–Kier alpha value is -2.36. The number of aromatic nitrogens is 3. The van der Waals surface area contributed by atoms with Crippen LogP contribution in [-0.2, 0) is 17.6 Å². The van der Waals surface area contributed by atoms with Crippen LogP contribution >= 0.6 is 34.7 Å². The number of fused-ring (bicyclic) bond motifs is 1. The van der Waals surface area contributed by atoms with Gasteiger partial charge in [0.05, 0.1) is 11.3 Å². The van der Waals surface area contributed by atoms with Crippen LogP contribution in [-0.4, -0.2) is 32.7 Å². The fourth-order valence-corrected chi connectivity index (χ4v) is 5.29. The smallest absolute Gasteiger partial charge is 0.251 e. The Labute approximate surface area is 180 Å². The van der Waals surface area contributed by atoms with Crippen LogP contribution in [0.25, 0.3) is 11.4 Å². The highest BCUT2D eigenvalue weighted by atomic mass is 35.5. The van der Waals surface area contributed by atoms with E-state index in [0.717, 1.165) is 41.7 Å². The van der Waals surface area contributed by atoms with Gasteiger partial charge in [-0.1, -0.05) is 23.4 Å². The molecule has 1 aliphatic carbocycles. The standard InChI is InChI=1S/C19H18ClN5O2S2/c20-11-7-5-10(6-8-11)17-23-19(25-24-17)28-9-14(26)22-18-15(16(21)27)12-3-1-2-4-13(12)29-18/h5-8H,1-4,9H2,(H2,21,27)(H,22,26)(H,23,24,25). The van der Waals surface area contributed by atoms with Crippen molar-refractivity contribution < 1.29 is 9.59 Å². The lowest BCUT2D eigenvalue weighted by Crippen LogP contribution is -2.19. The highest BCUT2D eigenvalue weighted by Gasteiger charge is 2.25. The summed E-state index contributed by atoms with van der Waals surface area (Å²) in [7, 11) is 0. The van der Waals surface area contributed by atoms with Crippen LogP contribution in [0.3, 0.4) is 0 Å². The van der Waals surface area contributed by atoms with Gasteiger partial charge in [0.15, 0.2) is 5.82 Å². The molecule has 1 aromatic carbocycles. The Bertz CT molecular complexity index is 1060. The van der Waals surface area contributed by atoms with E-state index >= 15 is 0 Å². The summed E-state index contributed by atoms with van der Waals surface area (Å²) < 4.78 is 0. The Balaban J connectivity index is 1.40. The minimum atomic E-state index is -0.492. The fourth-order valence-electron chi connectivity index (χ4n) is 3.26. The van der Waals surface area contributed by atoms with Gasteiger partial charge in [0, 0.05) is 15.5 Å². The van der Waals surface area contributed by atoms with Crippen LogP contribution in [0.4, 0.5) is 5.00 Å². The van der Waals surface area contributed by atoms with Crippen molar-refractivity contribution in [1.82, 2.24) is 15.2 Å². The van der Waals surface area contributed by atoms with Crippen LogP contribution in [0.2, 0.25) is 5.02 Å². The number of primary amides is 1. The summed E-state index contributed by atoms with van der Waals surface area (Å²) in [4.78, 5) is 29.9. The average Bonchev–Trinajstić information content (AvgIpc) is 3.31. The van der Waals surface area contributed by atoms with Gasteiger partial charge in [-0.3, -0.25) is 14.7 Å². The zero-order chi connectivity index (χ0) is 20.4. The van der Waals surface area contributed by atoms with Crippen LogP contribution < -0.4 is 11.1 Å². The molecule has 2 amide bonds. The van der Waals surface area contributed by atoms with Gasteiger partial charge in [-0.05, 0) is 55.5 Å². The zero-order valence-corrected chi connectivity index (χ0v) is 17.7. The van der Waals surface area contributed by atoms with Gasteiger partial charge in [-0.25, -0.2) is 4.98 Å². The summed E-state index contributed by atoms with van der Waals surface area (Å²) in [5, 5.41) is 11.5. The van der Waals surface area contributed by atoms with E-state index in [-0.39, 0.29) is 11.7 Å². The molecule has 10 heteroatoms. The maximum atomic E-state index is 12.4. The molecule has 3 aromatic rings. The van der Waals surface area contributed by atoms with E-state index < -0.39 is 5.91 Å². The quantitative estimate of drug-likeness (QED) is 0.496. The van der Waals surface area contributed by atoms with Crippen molar-refractivity contribution in [2.75, 3.05) is 11.1 Å². The molecule has 4 rings (SSSR count). The molecular weight excluding hydrogens is 430 g/mol. The summed E-state index contributed by atoms with van der Waals surface area (Å²) in [6, 6.07) is 7.23. The monoisotopic (exact) mass is 447 g/mol. The number of anilines is 1. The molecule has 2 heterocycles. The van der Waals surface area contributed by atoms with Crippen molar-refractivity contribution in [2.24, 2.45) is 5.73 Å². The summed E-state index contributed by atoms with van der Waals surface area (Å²) >= 11 is 8.56. The first-order valence-electron chi connectivity index (χ1n) is 9.06. The lowest BCUT2D eigenvalue weighted by Gasteiger charge is -2.11. The maximum absolute atomic E-state index is 12.4. The molecule has 150 valence electrons. The molecule has 0 atom stereocenters. The number of carbonyl (C=O) groups excluding carboxylic acids is 2. The Morgan fingerprint density at radius 3 is 2.76 bits per heavy atom. The molecule has 0 unspecified atom stereocenters. The Morgan fingerprint density at radius 1 is 1.24 bits per heavy atom. The molecule has 0 radical (unpaired) electrons. The first kappa shape index (κ1) is 19.9. The van der Waals surface area contributed by atoms with E-state index in [0.29, 0.717) is 26.6 Å². The number of nitrogens with two attached hydrogens (primary N) is 1. The van der Waals surface area contributed by atoms with Gasteiger partial charge in [0.1, 0.15) is 5.00 Å². The third-order valence-electron chi connectivity index (χ3n) is 4.59. The Morgan fingerprint density at radius 2 is 2.00 bits per heavy atom. The van der Waals surface area contributed by atoms with Crippen molar-refractivity contribution in [2.45, 2.75) is 30.8 Å². The second kappa shape index (κ2) is 8.56. The number of halogens is 1. The van der Waals surface area contributed by atoms with Crippen LogP contribution in [0.1, 0.15) is 33.6 Å². The fraction of sp³-hybridized carbons (Fsp3) is 0.263. The molecule has 0 aliphatic heterocycles. The number of rotatable bonds is 6. The normalized spacial score (nSPS) is 13.1. The van der Waals surface area contributed by atoms with Gasteiger partial charge in [-0.2, -0.15) is 0 Å². The van der Waals surface area contributed by atoms with Crippen molar-refractivity contribution >= 4 is 51.5 Å². The third-order valence-corrected chi connectivity index (χ3v) is 6.89. The second-order valence-electron chi connectivity index (χ2n) is 6.59. The van der Waals surface area contributed by atoms with Crippen LogP contribution in [0.15, 0.2) is 29.4 Å². The van der Waals surface area contributed by atoms with Crippen molar-refractivity contribution in [3.63, 3.8) is 0 Å². The molecular formula is C19H18ClN5O2S2. The lowest BCUT2D eigenvalue weighted by atomic mass is 9.95. The number of nitrogens with one attached hydrogen (secondary N) is 2. The molecule has 2 aromatic heterocycles. The van der Waals surface area contributed by atoms with E-state index in [1.165, 1.54) is 23.1 Å². The van der Waals surface area contributed by atoms with Crippen molar-refractivity contribution in [3.8, 4) is 11.4 Å². The zero-order valence-electron chi connectivity index (χ0n) is 15.3. The number of benzene rings is 1. The van der Waals surface area contributed by atoms with E-state index in [1.54, 1.807) is 12.1 Å². The average molecular weight is 448 g/mol. The van der Waals surface area contributed by atoms with Gasteiger partial charge >= 0.3 is 0 Å². The summed E-state index contributed by atoms with van der Waals surface area (Å²) in [6.07, 6.45) is 3.89. The third kappa shape index (κ3) is 4.47. The number of aromatic amines is 1. The number of H-pyrrole nitrogens is 1. The first-order valence-corrected chi connectivity index (χ1v) is 11.2. The number of nitrogens with zero attached hydrogens (tertiary/aromatic N) is 2. The topological polar surface area (TPSA) is 114 Å². The number of carbonyl (C=O) groups is 2. The summed E-state index contributed by atoms with van der Waals surface area (Å²) in [5.74, 6) is 0.00738. The van der Waals surface area contributed by atoms with Crippen LogP contribution in [0.5, 0.6) is 0 Å². The van der Waals surface area contributed by atoms with Gasteiger partial charge in [0.2, 0.25) is 11.1 Å². The molecule has 29 heavy (non-hydrogen) atoms. The molecule has 0 saturated carbocycles. The molecule has 0 spiro atoms. The number of hydrogen-bond donors (Lipinski definition) is 3. The molecule has 0 fully saturated rings. The molecule has 7 nitrogen and oxygen atoms in total. The molecule has 0 bridgehead atoms. The predicted molar refractivity (Wildman–Crippen MR) is 116 cm³/mol. The van der Waals surface area contributed by atoms with E-state index in [9.17, 15) is 9.59 Å². The van der Waals surface area contributed by atoms with Crippen LogP contribution in [0, 0.1) is 0 Å². The number of aryl methyl sites for hydroxylation is 1. The number of thioether (sulfide) groups is 1. The Kier molecular flexibility index (Phi) is 5.89. The lowest BCUT2D eigenvalue weighted by molar-refractivity contribution is -0.113. The SMILES string of the molecule is NC(=O)c1c(NC(=O)CSc2n[nH]c(-c3ccc(Cl)cc3)n2)sc2c1CCCC2. The van der Waals surface area contributed by atoms with Gasteiger partial charge in [0.25, 0.3) is 5.91 Å². The maximum Gasteiger partial charge on any atom is 0.251 e. The van der Waals surface area contributed by atoms with Gasteiger partial charge in [-0.15, -0.1) is 16.4 Å². The summed E-state index contributed by atoms with van der Waals surface area (Å²) in [6.45, 7) is 0. The van der Waals surface area contributed by atoms with Gasteiger partial charge < -0.3 is 11.1 Å². The van der Waals surface area contributed by atoms with E-state index in [1.807, 2.05) is 12.1 Å². The van der Waals surface area contributed by atoms with E-state index in [2.05, 4.69) is 20.5 Å². The highest BCUT2D eigenvalue weighted by Crippen LogP contribution is 2.38. The number of thiophene rings is 1. The second-order valence-corrected chi connectivity index (χ2v) is 9.07. The number of amides is 2. The minimum Gasteiger partial charge on any atom is -0.365 e. The number of hydrogen-bond acceptors (Lipinski definition) is 6. The minimum absolute atomic E-state index is 0.124. The molecule has 1 aliphatic rings. The van der Waals surface area contributed by atoms with E-state index in [4.69, 9.17) is 17.3 Å². The first-order chi connectivity index (χ1) is 14.0.